The van der Waals surface area contributed by atoms with E-state index in [1.165, 1.54) is 13.3 Å². The van der Waals surface area contributed by atoms with Crippen LogP contribution in [0.15, 0.2) is 36.7 Å². The third-order valence-corrected chi connectivity index (χ3v) is 5.65. The molecule has 2 amide bonds. The predicted octanol–water partition coefficient (Wildman–Crippen LogP) is 2.09. The molecule has 1 aliphatic heterocycles. The molecule has 10 nitrogen and oxygen atoms in total. The van der Waals surface area contributed by atoms with Gasteiger partial charge in [-0.15, -0.1) is 0 Å². The van der Waals surface area contributed by atoms with E-state index in [1.54, 1.807) is 29.3 Å². The van der Waals surface area contributed by atoms with Gasteiger partial charge in [0.25, 0.3) is 5.91 Å². The Morgan fingerprint density at radius 2 is 2.12 bits per heavy atom. The first kappa shape index (κ1) is 21.7. The van der Waals surface area contributed by atoms with E-state index in [1.807, 2.05) is 6.07 Å². The van der Waals surface area contributed by atoms with Crippen LogP contribution in [0, 0.1) is 5.92 Å². The molecule has 0 spiro atoms. The molecule has 1 aliphatic rings. The Bertz CT molecular complexity index is 1100. The van der Waals surface area contributed by atoms with Crippen molar-refractivity contribution in [1.82, 2.24) is 35.6 Å². The minimum atomic E-state index is -0.192. The normalized spacial score (nSPS) is 14.2. The van der Waals surface area contributed by atoms with Crippen molar-refractivity contribution in [2.24, 2.45) is 5.92 Å². The van der Waals surface area contributed by atoms with Gasteiger partial charge >= 0.3 is 0 Å². The summed E-state index contributed by atoms with van der Waals surface area (Å²) in [5.74, 6) is 0.0363. The summed E-state index contributed by atoms with van der Waals surface area (Å²) in [6.45, 7) is 1.30. The Hall–Kier alpha value is -3.53. The molecule has 4 rings (SSSR count). The van der Waals surface area contributed by atoms with Crippen LogP contribution in [-0.4, -0.2) is 62.3 Å². The number of ether oxygens (including phenoxy) is 1. The van der Waals surface area contributed by atoms with Gasteiger partial charge in [-0.2, -0.15) is 15.3 Å². The van der Waals surface area contributed by atoms with Crippen LogP contribution in [0.3, 0.4) is 0 Å². The zero-order chi connectivity index (χ0) is 22.5. The summed E-state index contributed by atoms with van der Waals surface area (Å²) in [6.07, 6.45) is 4.24. The van der Waals surface area contributed by atoms with Crippen molar-refractivity contribution in [1.29, 1.82) is 0 Å². The van der Waals surface area contributed by atoms with E-state index in [0.717, 1.165) is 0 Å². The number of piperidine rings is 1. The molecule has 0 saturated carbocycles. The van der Waals surface area contributed by atoms with Crippen LogP contribution in [0.2, 0.25) is 5.02 Å². The molecule has 0 aliphatic carbocycles. The van der Waals surface area contributed by atoms with E-state index in [4.69, 9.17) is 16.3 Å². The smallest absolute Gasteiger partial charge is 0.274 e. The fourth-order valence-electron chi connectivity index (χ4n) is 3.56. The highest BCUT2D eigenvalue weighted by atomic mass is 35.5. The maximum Gasteiger partial charge on any atom is 0.274 e. The van der Waals surface area contributed by atoms with Crippen LogP contribution >= 0.6 is 11.6 Å². The summed E-state index contributed by atoms with van der Waals surface area (Å²) in [5, 5.41) is 18.1. The van der Waals surface area contributed by atoms with Crippen molar-refractivity contribution in [2.75, 3.05) is 20.2 Å². The monoisotopic (exact) mass is 455 g/mol. The first-order valence-corrected chi connectivity index (χ1v) is 10.5. The number of H-pyrrole nitrogens is 1. The molecule has 166 valence electrons. The molecule has 0 bridgehead atoms. The molecular formula is C21H22ClN7O3. The van der Waals surface area contributed by atoms with Crippen LogP contribution in [0.5, 0.6) is 5.88 Å². The molecule has 3 aromatic heterocycles. The largest absolute Gasteiger partial charge is 0.481 e. The van der Waals surface area contributed by atoms with Gasteiger partial charge < -0.3 is 15.0 Å². The van der Waals surface area contributed by atoms with Crippen molar-refractivity contribution in [2.45, 2.75) is 19.4 Å². The number of methoxy groups -OCH3 is 1. The zero-order valence-corrected chi connectivity index (χ0v) is 18.2. The molecule has 4 heterocycles. The SMILES string of the molecule is COc1cc(-c2cc(C(=O)N3CCC(C(=O)NCc4cccnn4)CC3)n[nH]2)c(Cl)cn1. The number of aromatic nitrogens is 5. The molecule has 3 aromatic rings. The lowest BCUT2D eigenvalue weighted by Crippen LogP contribution is -2.43. The number of likely N-dealkylation sites (tertiary alicyclic amines) is 1. The van der Waals surface area contributed by atoms with Gasteiger partial charge in [0.15, 0.2) is 5.69 Å². The first-order chi connectivity index (χ1) is 15.5. The summed E-state index contributed by atoms with van der Waals surface area (Å²) >= 11 is 6.23. The maximum absolute atomic E-state index is 12.9. The zero-order valence-electron chi connectivity index (χ0n) is 17.4. The average Bonchev–Trinajstić information content (AvgIpc) is 3.33. The van der Waals surface area contributed by atoms with Gasteiger partial charge in [-0.1, -0.05) is 11.6 Å². The minimum Gasteiger partial charge on any atom is -0.481 e. The summed E-state index contributed by atoms with van der Waals surface area (Å²) < 4.78 is 5.13. The summed E-state index contributed by atoms with van der Waals surface area (Å²) in [5.41, 5.74) is 2.23. The molecule has 32 heavy (non-hydrogen) atoms. The number of hydrogen-bond donors (Lipinski definition) is 2. The van der Waals surface area contributed by atoms with Crippen LogP contribution in [0.1, 0.15) is 29.0 Å². The Balaban J connectivity index is 1.33. The van der Waals surface area contributed by atoms with Crippen LogP contribution in [0.25, 0.3) is 11.3 Å². The fraction of sp³-hybridized carbons (Fsp3) is 0.333. The number of halogens is 1. The number of hydrogen-bond acceptors (Lipinski definition) is 7. The number of nitrogens with zero attached hydrogens (tertiary/aromatic N) is 5. The average molecular weight is 456 g/mol. The van der Waals surface area contributed by atoms with Gasteiger partial charge in [0, 0.05) is 36.8 Å². The highest BCUT2D eigenvalue weighted by Crippen LogP contribution is 2.29. The second kappa shape index (κ2) is 9.73. The lowest BCUT2D eigenvalue weighted by Gasteiger charge is -2.30. The van der Waals surface area contributed by atoms with Crippen molar-refractivity contribution in [3.8, 4) is 17.1 Å². The number of carbonyl (C=O) groups is 2. The van der Waals surface area contributed by atoms with Crippen molar-refractivity contribution in [3.63, 3.8) is 0 Å². The Labute approximate surface area is 189 Å². The molecule has 1 saturated heterocycles. The number of aromatic amines is 1. The number of carbonyl (C=O) groups excluding carboxylic acids is 2. The van der Waals surface area contributed by atoms with Crippen molar-refractivity contribution < 1.29 is 14.3 Å². The maximum atomic E-state index is 12.9. The van der Waals surface area contributed by atoms with Gasteiger partial charge in [-0.3, -0.25) is 14.7 Å². The van der Waals surface area contributed by atoms with E-state index >= 15 is 0 Å². The van der Waals surface area contributed by atoms with Crippen LogP contribution in [0.4, 0.5) is 0 Å². The van der Waals surface area contributed by atoms with Crippen molar-refractivity contribution >= 4 is 23.4 Å². The summed E-state index contributed by atoms with van der Waals surface area (Å²) in [4.78, 5) is 31.1. The quantitative estimate of drug-likeness (QED) is 0.582. The van der Waals surface area contributed by atoms with Gasteiger partial charge in [-0.25, -0.2) is 4.98 Å². The third-order valence-electron chi connectivity index (χ3n) is 5.35. The topological polar surface area (TPSA) is 126 Å². The molecule has 0 atom stereocenters. The Morgan fingerprint density at radius 1 is 1.31 bits per heavy atom. The molecule has 2 N–H and O–H groups in total. The lowest BCUT2D eigenvalue weighted by molar-refractivity contribution is -0.126. The lowest BCUT2D eigenvalue weighted by atomic mass is 9.95. The number of amides is 2. The van der Waals surface area contributed by atoms with E-state index in [0.29, 0.717) is 60.3 Å². The molecule has 1 fully saturated rings. The van der Waals surface area contributed by atoms with E-state index in [-0.39, 0.29) is 23.4 Å². The molecule has 0 unspecified atom stereocenters. The van der Waals surface area contributed by atoms with E-state index in [9.17, 15) is 9.59 Å². The Morgan fingerprint density at radius 3 is 2.84 bits per heavy atom. The second-order valence-corrected chi connectivity index (χ2v) is 7.78. The van der Waals surface area contributed by atoms with Crippen LogP contribution in [-0.2, 0) is 11.3 Å². The van der Waals surface area contributed by atoms with Crippen molar-refractivity contribution in [3.05, 3.63) is 53.1 Å². The first-order valence-electron chi connectivity index (χ1n) is 10.1. The number of pyridine rings is 1. The van der Waals surface area contributed by atoms with Gasteiger partial charge in [-0.05, 0) is 31.0 Å². The number of rotatable bonds is 6. The summed E-state index contributed by atoms with van der Waals surface area (Å²) in [6, 6.07) is 6.91. The highest BCUT2D eigenvalue weighted by Gasteiger charge is 2.29. The highest BCUT2D eigenvalue weighted by molar-refractivity contribution is 6.33. The number of nitrogens with one attached hydrogen (secondary N) is 2. The fourth-order valence-corrected chi connectivity index (χ4v) is 3.77. The standard InChI is InChI=1S/C21H22ClN7O3/c1-32-19-9-15(16(22)12-23-19)17-10-18(28-27-17)21(31)29-7-4-13(5-8-29)20(30)24-11-14-3-2-6-25-26-14/h2-3,6,9-10,12-13H,4-5,7-8,11H2,1H3,(H,24,30)(H,27,28). The van der Waals surface area contributed by atoms with Gasteiger partial charge in [0.1, 0.15) is 0 Å². The molecular weight excluding hydrogens is 434 g/mol. The molecule has 11 heteroatoms. The molecule has 0 aromatic carbocycles. The minimum absolute atomic E-state index is 0.0360. The van der Waals surface area contributed by atoms with Gasteiger partial charge in [0.2, 0.25) is 11.8 Å². The van der Waals surface area contributed by atoms with Crippen LogP contribution < -0.4 is 10.1 Å². The van der Waals surface area contributed by atoms with E-state index in [2.05, 4.69) is 30.7 Å². The summed E-state index contributed by atoms with van der Waals surface area (Å²) in [7, 11) is 1.52. The van der Waals surface area contributed by atoms with Gasteiger partial charge in [0.05, 0.1) is 36.3 Å². The second-order valence-electron chi connectivity index (χ2n) is 7.37. The Kier molecular flexibility index (Phi) is 6.60. The third kappa shape index (κ3) is 4.86. The molecule has 0 radical (unpaired) electrons. The predicted molar refractivity (Wildman–Crippen MR) is 116 cm³/mol. The van der Waals surface area contributed by atoms with E-state index < -0.39 is 0 Å².